The Morgan fingerprint density at radius 1 is 0.966 bits per heavy atom. The molecule has 0 spiro atoms. The highest BCUT2D eigenvalue weighted by atomic mass is 16.3. The molecule has 3 aromatic rings. The molecule has 4 nitrogen and oxygen atoms in total. The van der Waals surface area contributed by atoms with Gasteiger partial charge < -0.3 is 10.4 Å². The summed E-state index contributed by atoms with van der Waals surface area (Å²) >= 11 is 0. The van der Waals surface area contributed by atoms with Crippen LogP contribution in [0.4, 0.5) is 0 Å². The number of rotatable bonds is 5. The van der Waals surface area contributed by atoms with E-state index in [0.29, 0.717) is 5.56 Å². The standard InChI is InChI=1S/C25H26N2O2/c28-23-16-15-18-9-7-8-14-21(18)22(23)17-26-24(19-10-3-1-4-11-19)25(29)27-20-12-5-2-6-13-20/h1,3-4,7-11,14-17,20,24,28H,2,5-6,12-13H2,(H,27,29)/t24-/m0/s1. The normalized spacial score (nSPS) is 16.1. The zero-order chi connectivity index (χ0) is 20.1. The Hall–Kier alpha value is -3.14. The number of phenols is 1. The molecule has 1 aliphatic rings. The number of carbonyl (C=O) groups excluding carboxylic acids is 1. The van der Waals surface area contributed by atoms with Crippen LogP contribution in [0, 0.1) is 0 Å². The number of fused-ring (bicyclic) bond motifs is 1. The molecule has 3 aromatic carbocycles. The van der Waals surface area contributed by atoms with Crippen molar-refractivity contribution in [3.8, 4) is 5.75 Å². The summed E-state index contributed by atoms with van der Waals surface area (Å²) in [6.45, 7) is 0. The van der Waals surface area contributed by atoms with Gasteiger partial charge in [0.15, 0.2) is 6.04 Å². The molecule has 1 saturated carbocycles. The minimum absolute atomic E-state index is 0.0842. The Balaban J connectivity index is 1.65. The molecular formula is C25H26N2O2. The third-order valence-electron chi connectivity index (χ3n) is 5.62. The van der Waals surface area contributed by atoms with E-state index in [-0.39, 0.29) is 17.7 Å². The molecule has 4 rings (SSSR count). The first-order valence-corrected chi connectivity index (χ1v) is 10.3. The van der Waals surface area contributed by atoms with E-state index >= 15 is 0 Å². The number of nitrogens with one attached hydrogen (secondary N) is 1. The number of amides is 1. The molecule has 1 amide bonds. The summed E-state index contributed by atoms with van der Waals surface area (Å²) in [4.78, 5) is 17.7. The van der Waals surface area contributed by atoms with Gasteiger partial charge in [-0.3, -0.25) is 9.79 Å². The van der Waals surface area contributed by atoms with Crippen molar-refractivity contribution in [2.75, 3.05) is 0 Å². The number of carbonyl (C=O) groups is 1. The molecule has 0 radical (unpaired) electrons. The highest BCUT2D eigenvalue weighted by Gasteiger charge is 2.23. The van der Waals surface area contributed by atoms with Gasteiger partial charge in [-0.2, -0.15) is 0 Å². The Bertz CT molecular complexity index is 1010. The average Bonchev–Trinajstić information content (AvgIpc) is 2.76. The molecule has 29 heavy (non-hydrogen) atoms. The molecule has 1 atom stereocenters. The van der Waals surface area contributed by atoms with Crippen LogP contribution in [0.15, 0.2) is 71.7 Å². The quantitative estimate of drug-likeness (QED) is 0.595. The summed E-state index contributed by atoms with van der Waals surface area (Å²) in [5.41, 5.74) is 1.48. The Morgan fingerprint density at radius 3 is 2.48 bits per heavy atom. The lowest BCUT2D eigenvalue weighted by Gasteiger charge is -2.24. The summed E-state index contributed by atoms with van der Waals surface area (Å²) in [5.74, 6) is 0.0750. The SMILES string of the molecule is O=C(NC1CCCCC1)[C@@H](N=Cc1c(O)ccc2ccccc12)c1ccccc1. The third-order valence-corrected chi connectivity index (χ3v) is 5.62. The van der Waals surface area contributed by atoms with Crippen molar-refractivity contribution in [3.63, 3.8) is 0 Å². The van der Waals surface area contributed by atoms with Crippen LogP contribution in [0.25, 0.3) is 10.8 Å². The van der Waals surface area contributed by atoms with Crippen LogP contribution in [-0.4, -0.2) is 23.3 Å². The average molecular weight is 386 g/mol. The number of aromatic hydroxyl groups is 1. The number of aliphatic imine (C=N–C) groups is 1. The molecule has 0 aromatic heterocycles. The van der Waals surface area contributed by atoms with Gasteiger partial charge in [0.05, 0.1) is 0 Å². The van der Waals surface area contributed by atoms with Crippen LogP contribution in [0.3, 0.4) is 0 Å². The van der Waals surface area contributed by atoms with Gasteiger partial charge in [-0.25, -0.2) is 0 Å². The lowest BCUT2D eigenvalue weighted by Crippen LogP contribution is -2.38. The summed E-state index contributed by atoms with van der Waals surface area (Å²) in [5, 5.41) is 15.5. The van der Waals surface area contributed by atoms with Crippen molar-refractivity contribution in [1.82, 2.24) is 5.32 Å². The Labute approximate surface area is 171 Å². The number of hydrogen-bond acceptors (Lipinski definition) is 3. The largest absolute Gasteiger partial charge is 0.507 e. The maximum absolute atomic E-state index is 13.1. The van der Waals surface area contributed by atoms with Gasteiger partial charge in [-0.1, -0.05) is 79.9 Å². The van der Waals surface area contributed by atoms with Gasteiger partial charge in [0.2, 0.25) is 5.91 Å². The summed E-state index contributed by atoms with van der Waals surface area (Å²) in [6, 6.07) is 20.6. The smallest absolute Gasteiger partial charge is 0.249 e. The topological polar surface area (TPSA) is 61.7 Å². The van der Waals surface area contributed by atoms with E-state index in [2.05, 4.69) is 10.3 Å². The summed E-state index contributed by atoms with van der Waals surface area (Å²) < 4.78 is 0. The molecule has 1 fully saturated rings. The molecule has 0 aliphatic heterocycles. The van der Waals surface area contributed by atoms with E-state index in [1.165, 1.54) is 6.42 Å². The minimum atomic E-state index is -0.642. The lowest BCUT2D eigenvalue weighted by atomic mass is 9.95. The van der Waals surface area contributed by atoms with E-state index in [1.807, 2.05) is 60.7 Å². The van der Waals surface area contributed by atoms with Crippen LogP contribution in [0.5, 0.6) is 5.75 Å². The first kappa shape index (κ1) is 19.2. The second kappa shape index (κ2) is 8.91. The van der Waals surface area contributed by atoms with Crippen molar-refractivity contribution in [3.05, 3.63) is 77.9 Å². The van der Waals surface area contributed by atoms with E-state index in [1.54, 1.807) is 12.3 Å². The number of nitrogens with zero attached hydrogens (tertiary/aromatic N) is 1. The number of phenolic OH excluding ortho intramolecular Hbond substituents is 1. The highest BCUT2D eigenvalue weighted by molar-refractivity contribution is 6.03. The van der Waals surface area contributed by atoms with E-state index < -0.39 is 6.04 Å². The van der Waals surface area contributed by atoms with E-state index in [9.17, 15) is 9.90 Å². The molecule has 1 aliphatic carbocycles. The van der Waals surface area contributed by atoms with E-state index in [4.69, 9.17) is 0 Å². The minimum Gasteiger partial charge on any atom is -0.507 e. The van der Waals surface area contributed by atoms with Gasteiger partial charge in [-0.05, 0) is 35.2 Å². The maximum Gasteiger partial charge on any atom is 0.249 e. The van der Waals surface area contributed by atoms with Gasteiger partial charge in [-0.15, -0.1) is 0 Å². The monoisotopic (exact) mass is 386 g/mol. The van der Waals surface area contributed by atoms with Gasteiger partial charge in [0.1, 0.15) is 5.75 Å². The molecule has 0 heterocycles. The first-order chi connectivity index (χ1) is 14.2. The molecule has 0 bridgehead atoms. The van der Waals surface area contributed by atoms with Gasteiger partial charge in [0, 0.05) is 17.8 Å². The zero-order valence-electron chi connectivity index (χ0n) is 16.4. The Morgan fingerprint density at radius 2 is 1.69 bits per heavy atom. The van der Waals surface area contributed by atoms with Crippen LogP contribution in [-0.2, 0) is 4.79 Å². The fraction of sp³-hybridized carbons (Fsp3) is 0.280. The molecular weight excluding hydrogens is 360 g/mol. The van der Waals surface area contributed by atoms with Crippen LogP contribution in [0.1, 0.15) is 49.3 Å². The van der Waals surface area contributed by atoms with Crippen molar-refractivity contribution in [2.45, 2.75) is 44.2 Å². The fourth-order valence-corrected chi connectivity index (χ4v) is 4.04. The molecule has 2 N–H and O–H groups in total. The second-order valence-corrected chi connectivity index (χ2v) is 7.65. The van der Waals surface area contributed by atoms with Crippen molar-refractivity contribution in [2.24, 2.45) is 4.99 Å². The van der Waals surface area contributed by atoms with Crippen LogP contribution < -0.4 is 5.32 Å². The Kier molecular flexibility index (Phi) is 5.89. The van der Waals surface area contributed by atoms with Crippen LogP contribution >= 0.6 is 0 Å². The van der Waals surface area contributed by atoms with Crippen LogP contribution in [0.2, 0.25) is 0 Å². The van der Waals surface area contributed by atoms with Gasteiger partial charge >= 0.3 is 0 Å². The number of benzene rings is 3. The highest BCUT2D eigenvalue weighted by Crippen LogP contribution is 2.27. The molecule has 0 saturated heterocycles. The predicted octanol–water partition coefficient (Wildman–Crippen LogP) is 5.15. The molecule has 148 valence electrons. The number of hydrogen-bond donors (Lipinski definition) is 2. The second-order valence-electron chi connectivity index (χ2n) is 7.65. The summed E-state index contributed by atoms with van der Waals surface area (Å²) in [6.07, 6.45) is 7.26. The first-order valence-electron chi connectivity index (χ1n) is 10.3. The van der Waals surface area contributed by atoms with Crippen molar-refractivity contribution in [1.29, 1.82) is 0 Å². The fourth-order valence-electron chi connectivity index (χ4n) is 4.04. The maximum atomic E-state index is 13.1. The molecule has 4 heteroatoms. The summed E-state index contributed by atoms with van der Waals surface area (Å²) in [7, 11) is 0. The predicted molar refractivity (Wildman–Crippen MR) is 117 cm³/mol. The zero-order valence-corrected chi connectivity index (χ0v) is 16.4. The molecule has 0 unspecified atom stereocenters. The van der Waals surface area contributed by atoms with Crippen molar-refractivity contribution >= 4 is 22.9 Å². The van der Waals surface area contributed by atoms with E-state index in [0.717, 1.165) is 42.0 Å². The van der Waals surface area contributed by atoms with Gasteiger partial charge in [0.25, 0.3) is 0 Å². The lowest BCUT2D eigenvalue weighted by molar-refractivity contribution is -0.123. The van der Waals surface area contributed by atoms with Crippen molar-refractivity contribution < 1.29 is 9.90 Å². The third kappa shape index (κ3) is 4.48.